The van der Waals surface area contributed by atoms with Gasteiger partial charge < -0.3 is 15.2 Å². The van der Waals surface area contributed by atoms with E-state index in [9.17, 15) is 14.0 Å². The molecular formula is C18H14FN3O4S. The summed E-state index contributed by atoms with van der Waals surface area (Å²) in [4.78, 5) is 22.3. The minimum atomic E-state index is -1.05. The number of hydrogen-bond acceptors (Lipinski definition) is 6. The number of aliphatic carboxylic acids is 1. The molecule has 0 radical (unpaired) electrons. The van der Waals surface area contributed by atoms with Gasteiger partial charge in [0.05, 0.1) is 12.6 Å². The summed E-state index contributed by atoms with van der Waals surface area (Å²) < 4.78 is 18.6. The number of carboxylic acids is 1. The second-order valence-electron chi connectivity index (χ2n) is 5.47. The molecule has 1 atom stereocenters. The Morgan fingerprint density at radius 3 is 2.78 bits per heavy atom. The van der Waals surface area contributed by atoms with Crippen LogP contribution in [0.25, 0.3) is 0 Å². The summed E-state index contributed by atoms with van der Waals surface area (Å²) in [5, 5.41) is 18.6. The lowest BCUT2D eigenvalue weighted by Gasteiger charge is -2.05. The van der Waals surface area contributed by atoms with Crippen LogP contribution in [-0.4, -0.2) is 33.6 Å². The molecular weight excluding hydrogens is 373 g/mol. The first-order chi connectivity index (χ1) is 13.0. The first kappa shape index (κ1) is 18.6. The van der Waals surface area contributed by atoms with Gasteiger partial charge in [-0.3, -0.25) is 9.59 Å². The molecule has 2 aromatic rings. The molecule has 1 saturated heterocycles. The molecule has 0 spiro atoms. The van der Waals surface area contributed by atoms with Crippen LogP contribution in [0.4, 0.5) is 4.39 Å². The number of rotatable bonds is 6. The molecule has 138 valence electrons. The van der Waals surface area contributed by atoms with Crippen LogP contribution < -0.4 is 10.1 Å². The number of halogens is 1. The average Bonchev–Trinajstić information content (AvgIpc) is 2.96. The van der Waals surface area contributed by atoms with E-state index in [4.69, 9.17) is 9.84 Å². The molecule has 2 N–H and O–H groups in total. The number of benzene rings is 2. The van der Waals surface area contributed by atoms with Gasteiger partial charge >= 0.3 is 5.97 Å². The number of nitrogens with zero attached hydrogens (tertiary/aromatic N) is 2. The molecule has 3 rings (SSSR count). The molecule has 9 heteroatoms. The fourth-order valence-electron chi connectivity index (χ4n) is 2.19. The molecule has 1 amide bonds. The van der Waals surface area contributed by atoms with Crippen molar-refractivity contribution in [3.05, 3.63) is 59.9 Å². The fraction of sp³-hybridized carbons (Fsp3) is 0.111. The van der Waals surface area contributed by atoms with E-state index < -0.39 is 17.1 Å². The Labute approximate surface area is 158 Å². The maximum absolute atomic E-state index is 12.9. The number of hydrogen-bond donors (Lipinski definition) is 2. The lowest BCUT2D eigenvalue weighted by molar-refractivity contribution is -0.138. The van der Waals surface area contributed by atoms with Crippen LogP contribution in [0.15, 0.2) is 58.7 Å². The van der Waals surface area contributed by atoms with Crippen LogP contribution in [0.2, 0.25) is 0 Å². The van der Waals surface area contributed by atoms with Crippen molar-refractivity contribution in [2.45, 2.75) is 11.7 Å². The second kappa shape index (κ2) is 8.45. The Hall–Kier alpha value is -3.20. The number of amidine groups is 1. The molecule has 27 heavy (non-hydrogen) atoms. The number of nitrogens with one attached hydrogen (secondary N) is 1. The summed E-state index contributed by atoms with van der Waals surface area (Å²) in [6.45, 7) is 0. The maximum atomic E-state index is 12.9. The summed E-state index contributed by atoms with van der Waals surface area (Å²) in [6, 6.07) is 12.7. The zero-order chi connectivity index (χ0) is 19.2. The van der Waals surface area contributed by atoms with Crippen molar-refractivity contribution in [3.63, 3.8) is 0 Å². The largest absolute Gasteiger partial charge is 0.481 e. The highest BCUT2D eigenvalue weighted by Gasteiger charge is 2.32. The van der Waals surface area contributed by atoms with E-state index in [1.165, 1.54) is 30.5 Å². The van der Waals surface area contributed by atoms with Gasteiger partial charge in [-0.2, -0.15) is 5.10 Å². The van der Waals surface area contributed by atoms with Gasteiger partial charge in [0.15, 0.2) is 5.17 Å². The highest BCUT2D eigenvalue weighted by Crippen LogP contribution is 2.23. The topological polar surface area (TPSA) is 100 Å². The molecule has 1 fully saturated rings. The second-order valence-corrected chi connectivity index (χ2v) is 6.66. The standard InChI is InChI=1S/C18H14FN3O4S/c19-12-4-6-13(7-5-12)26-14-3-1-2-11(8-14)10-20-22-18-21-17(25)15(27-18)9-16(23)24/h1-8,10,15H,9H2,(H,23,24)(H,21,22,25). The lowest BCUT2D eigenvalue weighted by atomic mass is 10.2. The molecule has 0 bridgehead atoms. The first-order valence-corrected chi connectivity index (χ1v) is 8.71. The van der Waals surface area contributed by atoms with Crippen molar-refractivity contribution in [1.82, 2.24) is 5.32 Å². The Kier molecular flexibility index (Phi) is 5.82. The van der Waals surface area contributed by atoms with E-state index in [1.54, 1.807) is 24.3 Å². The first-order valence-electron chi connectivity index (χ1n) is 7.83. The number of carboxylic acid groups (broad SMARTS) is 1. The predicted octanol–water partition coefficient (Wildman–Crippen LogP) is 3.01. The summed E-state index contributed by atoms with van der Waals surface area (Å²) in [7, 11) is 0. The quantitative estimate of drug-likeness (QED) is 0.586. The minimum absolute atomic E-state index is 0.251. The number of carbonyl (C=O) groups excluding carboxylic acids is 1. The average molecular weight is 387 g/mol. The van der Waals surface area contributed by atoms with E-state index >= 15 is 0 Å². The van der Waals surface area contributed by atoms with Crippen LogP contribution in [0.1, 0.15) is 12.0 Å². The predicted molar refractivity (Wildman–Crippen MR) is 99.7 cm³/mol. The van der Waals surface area contributed by atoms with Crippen molar-refractivity contribution in [3.8, 4) is 11.5 Å². The third kappa shape index (κ3) is 5.38. The summed E-state index contributed by atoms with van der Waals surface area (Å²) in [5.74, 6) is -0.746. The molecule has 1 heterocycles. The number of ether oxygens (including phenoxy) is 1. The molecule has 1 aliphatic heterocycles. The molecule has 1 unspecified atom stereocenters. The zero-order valence-corrected chi connectivity index (χ0v) is 14.6. The lowest BCUT2D eigenvalue weighted by Crippen LogP contribution is -2.26. The van der Waals surface area contributed by atoms with Gasteiger partial charge in [-0.1, -0.05) is 23.9 Å². The van der Waals surface area contributed by atoms with E-state index in [1.807, 2.05) is 0 Å². The van der Waals surface area contributed by atoms with Gasteiger partial charge in [-0.25, -0.2) is 4.39 Å². The highest BCUT2D eigenvalue weighted by atomic mass is 32.2. The van der Waals surface area contributed by atoms with Gasteiger partial charge in [0.1, 0.15) is 22.6 Å². The van der Waals surface area contributed by atoms with Crippen molar-refractivity contribution in [2.75, 3.05) is 0 Å². The van der Waals surface area contributed by atoms with Gasteiger partial charge in [0.25, 0.3) is 0 Å². The van der Waals surface area contributed by atoms with Crippen molar-refractivity contribution >= 4 is 35.0 Å². The highest BCUT2D eigenvalue weighted by molar-refractivity contribution is 8.15. The van der Waals surface area contributed by atoms with Crippen molar-refractivity contribution < 1.29 is 23.8 Å². The molecule has 0 aromatic heterocycles. The number of thioether (sulfide) groups is 1. The Balaban J connectivity index is 1.63. The van der Waals surface area contributed by atoms with Crippen LogP contribution in [0.3, 0.4) is 0 Å². The summed E-state index contributed by atoms with van der Waals surface area (Å²) in [6.07, 6.45) is 1.20. The van der Waals surface area contributed by atoms with Crippen molar-refractivity contribution in [1.29, 1.82) is 0 Å². The van der Waals surface area contributed by atoms with Crippen LogP contribution in [0, 0.1) is 5.82 Å². The Bertz CT molecular complexity index is 915. The fourth-order valence-corrected chi connectivity index (χ4v) is 3.11. The third-order valence-corrected chi connectivity index (χ3v) is 4.47. The Morgan fingerprint density at radius 2 is 2.04 bits per heavy atom. The molecule has 1 aliphatic rings. The SMILES string of the molecule is O=C(O)CC1SC(=NN=Cc2cccc(Oc3ccc(F)cc3)c2)NC1=O. The van der Waals surface area contributed by atoms with Crippen LogP contribution >= 0.6 is 11.8 Å². The van der Waals surface area contributed by atoms with Crippen LogP contribution in [-0.2, 0) is 9.59 Å². The minimum Gasteiger partial charge on any atom is -0.481 e. The molecule has 2 aromatic carbocycles. The van der Waals surface area contributed by atoms with Gasteiger partial charge in [0.2, 0.25) is 5.91 Å². The van der Waals surface area contributed by atoms with Crippen molar-refractivity contribution in [2.24, 2.45) is 10.2 Å². The maximum Gasteiger partial charge on any atom is 0.305 e. The van der Waals surface area contributed by atoms with Gasteiger partial charge in [-0.05, 0) is 42.0 Å². The van der Waals surface area contributed by atoms with Gasteiger partial charge in [0, 0.05) is 0 Å². The smallest absolute Gasteiger partial charge is 0.305 e. The summed E-state index contributed by atoms with van der Waals surface area (Å²) >= 11 is 1.03. The van der Waals surface area contributed by atoms with Gasteiger partial charge in [-0.15, -0.1) is 5.10 Å². The van der Waals surface area contributed by atoms with E-state index in [2.05, 4.69) is 15.5 Å². The van der Waals surface area contributed by atoms with E-state index in [0.717, 1.165) is 11.8 Å². The summed E-state index contributed by atoms with van der Waals surface area (Å²) in [5.41, 5.74) is 0.704. The van der Waals surface area contributed by atoms with E-state index in [0.29, 0.717) is 17.1 Å². The Morgan fingerprint density at radius 1 is 1.26 bits per heavy atom. The zero-order valence-electron chi connectivity index (χ0n) is 13.8. The number of carbonyl (C=O) groups is 2. The van der Waals surface area contributed by atoms with Crippen LogP contribution in [0.5, 0.6) is 11.5 Å². The normalized spacial score (nSPS) is 18.0. The third-order valence-electron chi connectivity index (χ3n) is 3.40. The molecule has 0 aliphatic carbocycles. The monoisotopic (exact) mass is 387 g/mol. The molecule has 7 nitrogen and oxygen atoms in total. The number of amides is 1. The van der Waals surface area contributed by atoms with E-state index in [-0.39, 0.29) is 17.4 Å². The molecule has 0 saturated carbocycles.